The van der Waals surface area contributed by atoms with Gasteiger partial charge in [-0.2, -0.15) is 0 Å². The molecule has 0 unspecified atom stereocenters. The van der Waals surface area contributed by atoms with Gasteiger partial charge in [0.2, 0.25) is 0 Å². The maximum absolute atomic E-state index is 10.7. The summed E-state index contributed by atoms with van der Waals surface area (Å²) in [7, 11) is 0. The molecule has 15 heavy (non-hydrogen) atoms. The van der Waals surface area contributed by atoms with Crippen LogP contribution in [0.1, 0.15) is 34.8 Å². The van der Waals surface area contributed by atoms with Gasteiger partial charge in [0.15, 0.2) is 5.69 Å². The van der Waals surface area contributed by atoms with E-state index in [1.807, 2.05) is 18.3 Å². The van der Waals surface area contributed by atoms with Gasteiger partial charge in [-0.25, -0.2) is 9.78 Å². The van der Waals surface area contributed by atoms with E-state index in [0.29, 0.717) is 11.6 Å². The van der Waals surface area contributed by atoms with Crippen LogP contribution in [0.25, 0.3) is 5.65 Å². The minimum absolute atomic E-state index is 0.1000. The van der Waals surface area contributed by atoms with Gasteiger partial charge in [-0.15, -0.1) is 0 Å². The molecule has 1 aliphatic rings. The van der Waals surface area contributed by atoms with Crippen molar-refractivity contribution in [3.05, 3.63) is 35.8 Å². The number of hydrogen-bond acceptors (Lipinski definition) is 2. The van der Waals surface area contributed by atoms with E-state index in [1.165, 1.54) is 18.4 Å². The molecular weight excluding hydrogens is 192 g/mol. The largest absolute Gasteiger partial charge is 0.476 e. The highest BCUT2D eigenvalue weighted by molar-refractivity contribution is 5.86. The highest BCUT2D eigenvalue weighted by Gasteiger charge is 2.23. The zero-order chi connectivity index (χ0) is 10.4. The van der Waals surface area contributed by atoms with Crippen LogP contribution in [0.2, 0.25) is 0 Å². The van der Waals surface area contributed by atoms with Gasteiger partial charge in [-0.3, -0.25) is 0 Å². The molecule has 0 atom stereocenters. The zero-order valence-corrected chi connectivity index (χ0v) is 8.05. The molecule has 0 saturated heterocycles. The monoisotopic (exact) mass is 202 g/mol. The van der Waals surface area contributed by atoms with E-state index >= 15 is 0 Å². The van der Waals surface area contributed by atoms with E-state index < -0.39 is 5.97 Å². The van der Waals surface area contributed by atoms with Crippen molar-refractivity contribution in [2.75, 3.05) is 0 Å². The van der Waals surface area contributed by atoms with Crippen LogP contribution in [0, 0.1) is 0 Å². The van der Waals surface area contributed by atoms with E-state index in [0.717, 1.165) is 0 Å². The third-order valence-corrected chi connectivity index (χ3v) is 2.74. The number of fused-ring (bicyclic) bond motifs is 1. The lowest BCUT2D eigenvalue weighted by atomic mass is 10.2. The van der Waals surface area contributed by atoms with Crippen LogP contribution >= 0.6 is 0 Å². The van der Waals surface area contributed by atoms with Crippen molar-refractivity contribution in [3.8, 4) is 0 Å². The van der Waals surface area contributed by atoms with Crippen LogP contribution in [0.4, 0.5) is 0 Å². The number of aromatic carboxylic acids is 1. The van der Waals surface area contributed by atoms with Gasteiger partial charge >= 0.3 is 5.97 Å². The minimum Gasteiger partial charge on any atom is -0.476 e. The average molecular weight is 202 g/mol. The van der Waals surface area contributed by atoms with Gasteiger partial charge in [0.1, 0.15) is 5.65 Å². The molecule has 0 aliphatic heterocycles. The number of nitrogens with zero attached hydrogens (tertiary/aromatic N) is 2. The molecular formula is C11H10N2O2. The van der Waals surface area contributed by atoms with Crippen molar-refractivity contribution < 1.29 is 9.90 Å². The van der Waals surface area contributed by atoms with Gasteiger partial charge in [-0.1, -0.05) is 6.07 Å². The molecule has 4 heteroatoms. The van der Waals surface area contributed by atoms with Crippen molar-refractivity contribution in [1.82, 2.24) is 9.38 Å². The summed E-state index contributed by atoms with van der Waals surface area (Å²) in [5, 5.41) is 8.80. The number of aromatic nitrogens is 2. The summed E-state index contributed by atoms with van der Waals surface area (Å²) in [5.41, 5.74) is 2.07. The van der Waals surface area contributed by atoms with E-state index in [2.05, 4.69) is 4.98 Å². The van der Waals surface area contributed by atoms with E-state index in [4.69, 9.17) is 5.11 Å². The summed E-state index contributed by atoms with van der Waals surface area (Å²) in [6, 6.07) is 3.91. The zero-order valence-electron chi connectivity index (χ0n) is 8.05. The summed E-state index contributed by atoms with van der Waals surface area (Å²) >= 11 is 0. The number of imidazole rings is 1. The first-order valence-corrected chi connectivity index (χ1v) is 4.96. The summed E-state index contributed by atoms with van der Waals surface area (Å²) in [6.45, 7) is 0. The van der Waals surface area contributed by atoms with Crippen molar-refractivity contribution in [2.45, 2.75) is 18.8 Å². The molecule has 3 rings (SSSR count). The number of carboxylic acids is 1. The Morgan fingerprint density at radius 2 is 2.20 bits per heavy atom. The maximum Gasteiger partial charge on any atom is 0.356 e. The molecule has 1 fully saturated rings. The van der Waals surface area contributed by atoms with E-state index in [-0.39, 0.29) is 5.69 Å². The third kappa shape index (κ3) is 1.38. The summed E-state index contributed by atoms with van der Waals surface area (Å²) in [6.07, 6.45) is 6.02. The predicted octanol–water partition coefficient (Wildman–Crippen LogP) is 1.91. The van der Waals surface area contributed by atoms with Crippen LogP contribution in [0.5, 0.6) is 0 Å². The fourth-order valence-corrected chi connectivity index (χ4v) is 1.77. The second-order valence-corrected chi connectivity index (χ2v) is 3.93. The Labute approximate surface area is 86.2 Å². The maximum atomic E-state index is 10.7. The Hall–Kier alpha value is -1.84. The summed E-state index contributed by atoms with van der Waals surface area (Å²) in [4.78, 5) is 14.7. The summed E-state index contributed by atoms with van der Waals surface area (Å²) < 4.78 is 1.79. The van der Waals surface area contributed by atoms with E-state index in [9.17, 15) is 4.79 Å². The Morgan fingerprint density at radius 1 is 1.40 bits per heavy atom. The molecule has 76 valence electrons. The fourth-order valence-electron chi connectivity index (χ4n) is 1.77. The van der Waals surface area contributed by atoms with Crippen LogP contribution in [-0.4, -0.2) is 20.5 Å². The molecule has 0 bridgehead atoms. The third-order valence-electron chi connectivity index (χ3n) is 2.74. The molecule has 1 N–H and O–H groups in total. The molecule has 0 spiro atoms. The number of carboxylic acid groups (broad SMARTS) is 1. The predicted molar refractivity (Wildman–Crippen MR) is 54.1 cm³/mol. The molecule has 2 aromatic rings. The Kier molecular flexibility index (Phi) is 1.59. The second kappa shape index (κ2) is 2.82. The molecule has 2 aromatic heterocycles. The van der Waals surface area contributed by atoms with Crippen molar-refractivity contribution in [2.24, 2.45) is 0 Å². The van der Waals surface area contributed by atoms with Crippen molar-refractivity contribution >= 4 is 11.6 Å². The van der Waals surface area contributed by atoms with Crippen molar-refractivity contribution in [1.29, 1.82) is 0 Å². The van der Waals surface area contributed by atoms with Gasteiger partial charge in [0, 0.05) is 12.4 Å². The first-order valence-electron chi connectivity index (χ1n) is 4.96. The Bertz CT molecular complexity index is 541. The lowest BCUT2D eigenvalue weighted by Crippen LogP contribution is -1.94. The standard InChI is InChI=1S/C11H10N2O2/c14-11(15)9-6-13-5-8(7-1-2-7)3-4-10(13)12-9/h3-7H,1-2H2,(H,14,15). The lowest BCUT2D eigenvalue weighted by molar-refractivity contribution is 0.0691. The van der Waals surface area contributed by atoms with Crippen LogP contribution in [-0.2, 0) is 0 Å². The SMILES string of the molecule is O=C(O)c1cn2cc(C3CC3)ccc2n1. The Balaban J connectivity index is 2.13. The molecule has 0 aromatic carbocycles. The first kappa shape index (κ1) is 8.47. The second-order valence-electron chi connectivity index (χ2n) is 3.93. The number of pyridine rings is 1. The molecule has 2 heterocycles. The number of hydrogen-bond donors (Lipinski definition) is 1. The van der Waals surface area contributed by atoms with Crippen molar-refractivity contribution in [3.63, 3.8) is 0 Å². The number of rotatable bonds is 2. The smallest absolute Gasteiger partial charge is 0.356 e. The van der Waals surface area contributed by atoms with Gasteiger partial charge < -0.3 is 9.51 Å². The van der Waals surface area contributed by atoms with Gasteiger partial charge in [0.25, 0.3) is 0 Å². The minimum atomic E-state index is -0.980. The molecule has 0 radical (unpaired) electrons. The molecule has 0 amide bonds. The van der Waals surface area contributed by atoms with Gasteiger partial charge in [-0.05, 0) is 30.4 Å². The molecule has 4 nitrogen and oxygen atoms in total. The van der Waals surface area contributed by atoms with Crippen LogP contribution in [0.15, 0.2) is 24.5 Å². The fraction of sp³-hybridized carbons (Fsp3) is 0.273. The van der Waals surface area contributed by atoms with Gasteiger partial charge in [0.05, 0.1) is 0 Å². The first-order chi connectivity index (χ1) is 7.24. The quantitative estimate of drug-likeness (QED) is 0.809. The Morgan fingerprint density at radius 3 is 2.87 bits per heavy atom. The molecule has 1 aliphatic carbocycles. The highest BCUT2D eigenvalue weighted by atomic mass is 16.4. The van der Waals surface area contributed by atoms with Crippen LogP contribution in [0.3, 0.4) is 0 Å². The normalized spacial score (nSPS) is 15.7. The summed E-state index contributed by atoms with van der Waals surface area (Å²) in [5.74, 6) is -0.309. The van der Waals surface area contributed by atoms with Crippen LogP contribution < -0.4 is 0 Å². The van der Waals surface area contributed by atoms with E-state index in [1.54, 1.807) is 10.6 Å². The average Bonchev–Trinajstić information content (AvgIpc) is 2.96. The molecule has 1 saturated carbocycles. The topological polar surface area (TPSA) is 54.6 Å². The highest BCUT2D eigenvalue weighted by Crippen LogP contribution is 2.39. The lowest BCUT2D eigenvalue weighted by Gasteiger charge is -1.98. The number of carbonyl (C=O) groups is 1.